The summed E-state index contributed by atoms with van der Waals surface area (Å²) in [6, 6.07) is 3.74. The number of nitrogens with one attached hydrogen (secondary N) is 1. The van der Waals surface area contributed by atoms with Gasteiger partial charge in [-0.15, -0.1) is 0 Å². The van der Waals surface area contributed by atoms with Crippen molar-refractivity contribution >= 4 is 23.4 Å². The van der Waals surface area contributed by atoms with Crippen LogP contribution in [0.3, 0.4) is 0 Å². The summed E-state index contributed by atoms with van der Waals surface area (Å²) < 4.78 is 0. The number of urea groups is 1. The van der Waals surface area contributed by atoms with E-state index < -0.39 is 23.5 Å². The van der Waals surface area contributed by atoms with Crippen LogP contribution in [-0.2, 0) is 4.79 Å². The Bertz CT molecular complexity index is 559. The van der Waals surface area contributed by atoms with E-state index in [9.17, 15) is 19.7 Å². The highest BCUT2D eigenvalue weighted by atomic mass is 16.6. The van der Waals surface area contributed by atoms with E-state index in [1.165, 1.54) is 25.1 Å². The molecule has 0 aromatic heterocycles. The summed E-state index contributed by atoms with van der Waals surface area (Å²) in [5, 5.41) is 22.1. The number of aliphatic carboxylic acids is 1. The third-order valence-corrected chi connectivity index (χ3v) is 2.85. The molecule has 8 nitrogen and oxygen atoms in total. The molecule has 0 aliphatic heterocycles. The van der Waals surface area contributed by atoms with Crippen molar-refractivity contribution in [3.8, 4) is 0 Å². The smallest absolute Gasteiger partial charge is 0.323 e. The summed E-state index contributed by atoms with van der Waals surface area (Å²) in [4.78, 5) is 34.2. The first-order valence-corrected chi connectivity index (χ1v) is 6.38. The molecule has 2 amide bonds. The van der Waals surface area contributed by atoms with E-state index in [2.05, 4.69) is 5.32 Å². The molecule has 8 heteroatoms. The molecule has 0 spiro atoms. The van der Waals surface area contributed by atoms with Gasteiger partial charge in [0.05, 0.1) is 16.2 Å². The summed E-state index contributed by atoms with van der Waals surface area (Å²) in [6.45, 7) is 3.20. The van der Waals surface area contributed by atoms with Crippen LogP contribution in [0.25, 0.3) is 0 Å². The Hall–Kier alpha value is -2.64. The Morgan fingerprint density at radius 2 is 2.10 bits per heavy atom. The molecule has 0 heterocycles. The molecule has 0 aliphatic carbocycles. The fourth-order valence-corrected chi connectivity index (χ4v) is 1.84. The lowest BCUT2D eigenvalue weighted by atomic mass is 10.1. The fourth-order valence-electron chi connectivity index (χ4n) is 1.84. The maximum atomic E-state index is 12.1. The van der Waals surface area contributed by atoms with Gasteiger partial charge in [0, 0.05) is 12.6 Å². The van der Waals surface area contributed by atoms with Crippen LogP contribution in [0.2, 0.25) is 0 Å². The SMILES string of the molecule is CCCN(CC(=O)O)C(=O)Nc1cccc([N+](=O)[O-])c1C. The summed E-state index contributed by atoms with van der Waals surface area (Å²) in [6.07, 6.45) is 0.606. The number of nitro groups is 1. The average Bonchev–Trinajstić information content (AvgIpc) is 2.39. The Labute approximate surface area is 121 Å². The summed E-state index contributed by atoms with van der Waals surface area (Å²) in [5.74, 6) is -1.12. The fraction of sp³-hybridized carbons (Fsp3) is 0.385. The van der Waals surface area contributed by atoms with Gasteiger partial charge in [-0.1, -0.05) is 13.0 Å². The molecule has 0 radical (unpaired) electrons. The van der Waals surface area contributed by atoms with Crippen LogP contribution < -0.4 is 5.32 Å². The molecule has 2 N–H and O–H groups in total. The largest absolute Gasteiger partial charge is 0.480 e. The molecule has 0 unspecified atom stereocenters. The number of carboxylic acid groups (broad SMARTS) is 1. The van der Waals surface area contributed by atoms with E-state index in [1.54, 1.807) is 0 Å². The molecule has 0 atom stereocenters. The van der Waals surface area contributed by atoms with Gasteiger partial charge in [0.15, 0.2) is 0 Å². The van der Waals surface area contributed by atoms with E-state index in [-0.39, 0.29) is 12.2 Å². The summed E-state index contributed by atoms with van der Waals surface area (Å²) in [5.41, 5.74) is 0.511. The molecule has 1 rings (SSSR count). The zero-order valence-electron chi connectivity index (χ0n) is 11.8. The molecular weight excluding hydrogens is 278 g/mol. The third kappa shape index (κ3) is 4.44. The van der Waals surface area contributed by atoms with E-state index in [4.69, 9.17) is 5.11 Å². The van der Waals surface area contributed by atoms with Crippen LogP contribution in [0.1, 0.15) is 18.9 Å². The van der Waals surface area contributed by atoms with Crippen molar-refractivity contribution in [3.05, 3.63) is 33.9 Å². The number of benzene rings is 1. The third-order valence-electron chi connectivity index (χ3n) is 2.85. The second-order valence-electron chi connectivity index (χ2n) is 4.45. The van der Waals surface area contributed by atoms with Crippen LogP contribution in [0.4, 0.5) is 16.2 Å². The number of carbonyl (C=O) groups is 2. The lowest BCUT2D eigenvalue weighted by molar-refractivity contribution is -0.385. The number of rotatable bonds is 6. The van der Waals surface area contributed by atoms with Crippen LogP contribution >= 0.6 is 0 Å². The number of amides is 2. The zero-order valence-corrected chi connectivity index (χ0v) is 11.8. The Balaban J connectivity index is 2.93. The standard InChI is InChI=1S/C13H17N3O5/c1-3-7-15(8-12(17)18)13(19)14-10-5-4-6-11(9(10)2)16(20)21/h4-6H,3,7-8H2,1-2H3,(H,14,19)(H,17,18). The normalized spacial score (nSPS) is 10.0. The monoisotopic (exact) mass is 295 g/mol. The number of hydrogen-bond acceptors (Lipinski definition) is 4. The van der Waals surface area contributed by atoms with Crippen LogP contribution in [-0.4, -0.2) is 40.0 Å². The van der Waals surface area contributed by atoms with Crippen LogP contribution in [0.5, 0.6) is 0 Å². The van der Waals surface area contributed by atoms with Crippen molar-refractivity contribution in [2.24, 2.45) is 0 Å². The van der Waals surface area contributed by atoms with Crippen molar-refractivity contribution in [3.63, 3.8) is 0 Å². The quantitative estimate of drug-likeness (QED) is 0.617. The number of nitrogens with zero attached hydrogens (tertiary/aromatic N) is 2. The van der Waals surface area contributed by atoms with Gasteiger partial charge in [0.2, 0.25) is 0 Å². The highest BCUT2D eigenvalue weighted by Crippen LogP contribution is 2.25. The topological polar surface area (TPSA) is 113 Å². The molecule has 0 fully saturated rings. The highest BCUT2D eigenvalue weighted by molar-refractivity contribution is 5.92. The second kappa shape index (κ2) is 7.22. The van der Waals surface area contributed by atoms with E-state index in [0.29, 0.717) is 17.7 Å². The number of anilines is 1. The molecule has 1 aromatic rings. The van der Waals surface area contributed by atoms with Gasteiger partial charge in [0.25, 0.3) is 5.69 Å². The maximum Gasteiger partial charge on any atom is 0.323 e. The lowest BCUT2D eigenvalue weighted by Crippen LogP contribution is -2.39. The van der Waals surface area contributed by atoms with Crippen LogP contribution in [0.15, 0.2) is 18.2 Å². The van der Waals surface area contributed by atoms with Gasteiger partial charge in [-0.05, 0) is 19.4 Å². The zero-order chi connectivity index (χ0) is 16.0. The minimum atomic E-state index is -1.12. The first-order chi connectivity index (χ1) is 9.86. The van der Waals surface area contributed by atoms with Crippen molar-refractivity contribution in [2.75, 3.05) is 18.4 Å². The molecule has 0 saturated heterocycles. The number of carbonyl (C=O) groups excluding carboxylic acids is 1. The molecule has 0 aliphatic rings. The molecule has 0 saturated carbocycles. The van der Waals surface area contributed by atoms with Gasteiger partial charge in [-0.2, -0.15) is 0 Å². The molecule has 21 heavy (non-hydrogen) atoms. The minimum Gasteiger partial charge on any atom is -0.480 e. The van der Waals surface area contributed by atoms with Gasteiger partial charge in [-0.25, -0.2) is 4.79 Å². The molecule has 1 aromatic carbocycles. The van der Waals surface area contributed by atoms with E-state index in [1.807, 2.05) is 6.92 Å². The van der Waals surface area contributed by atoms with E-state index in [0.717, 1.165) is 4.90 Å². The first-order valence-electron chi connectivity index (χ1n) is 6.38. The van der Waals surface area contributed by atoms with Gasteiger partial charge in [-0.3, -0.25) is 14.9 Å². The second-order valence-corrected chi connectivity index (χ2v) is 4.45. The highest BCUT2D eigenvalue weighted by Gasteiger charge is 2.19. The Morgan fingerprint density at radius 3 is 2.62 bits per heavy atom. The number of nitro benzene ring substituents is 1. The first kappa shape index (κ1) is 16.4. The van der Waals surface area contributed by atoms with Crippen molar-refractivity contribution < 1.29 is 19.6 Å². The van der Waals surface area contributed by atoms with Gasteiger partial charge in [0.1, 0.15) is 6.54 Å². The predicted molar refractivity (Wildman–Crippen MR) is 76.4 cm³/mol. The lowest BCUT2D eigenvalue weighted by Gasteiger charge is -2.21. The van der Waals surface area contributed by atoms with Crippen molar-refractivity contribution in [2.45, 2.75) is 20.3 Å². The van der Waals surface area contributed by atoms with Crippen molar-refractivity contribution in [1.29, 1.82) is 0 Å². The van der Waals surface area contributed by atoms with Crippen LogP contribution in [0, 0.1) is 17.0 Å². The summed E-state index contributed by atoms with van der Waals surface area (Å²) in [7, 11) is 0. The van der Waals surface area contributed by atoms with E-state index >= 15 is 0 Å². The minimum absolute atomic E-state index is 0.104. The average molecular weight is 295 g/mol. The molecular formula is C13H17N3O5. The number of hydrogen-bond donors (Lipinski definition) is 2. The van der Waals surface area contributed by atoms with Gasteiger partial charge >= 0.3 is 12.0 Å². The molecule has 114 valence electrons. The maximum absolute atomic E-state index is 12.1. The Kier molecular flexibility index (Phi) is 5.65. The van der Waals surface area contributed by atoms with Crippen molar-refractivity contribution in [1.82, 2.24) is 4.90 Å². The summed E-state index contributed by atoms with van der Waals surface area (Å²) >= 11 is 0. The number of carboxylic acids is 1. The predicted octanol–water partition coefficient (Wildman–Crippen LogP) is 2.23. The molecule has 0 bridgehead atoms. The van der Waals surface area contributed by atoms with Gasteiger partial charge < -0.3 is 15.3 Å². The Morgan fingerprint density at radius 1 is 1.43 bits per heavy atom.